The highest BCUT2D eigenvalue weighted by Crippen LogP contribution is 2.30. The second-order valence-corrected chi connectivity index (χ2v) is 10.3. The van der Waals surface area contributed by atoms with Gasteiger partial charge in [0.1, 0.15) is 0 Å². The predicted octanol–water partition coefficient (Wildman–Crippen LogP) is 5.74. The number of benzene rings is 2. The minimum Gasteiger partial charge on any atom is -0.345 e. The number of anilines is 1. The van der Waals surface area contributed by atoms with Crippen molar-refractivity contribution in [3.05, 3.63) is 98.6 Å². The number of carbonyl (C=O) groups is 1. The summed E-state index contributed by atoms with van der Waals surface area (Å²) in [6, 6.07) is 16.2. The quantitative estimate of drug-likeness (QED) is 0.364. The lowest BCUT2D eigenvalue weighted by Crippen LogP contribution is -2.34. The molecule has 2 heterocycles. The van der Waals surface area contributed by atoms with Crippen molar-refractivity contribution in [2.75, 3.05) is 19.0 Å². The maximum absolute atomic E-state index is 14.3. The number of aromatic nitrogens is 2. The summed E-state index contributed by atoms with van der Waals surface area (Å²) in [5, 5.41) is 0.959. The van der Waals surface area contributed by atoms with E-state index in [1.807, 2.05) is 64.3 Å². The number of fused-ring (bicyclic) bond motifs is 1. The van der Waals surface area contributed by atoms with Crippen LogP contribution in [-0.2, 0) is 13.1 Å². The molecule has 6 nitrogen and oxygen atoms in total. The molecule has 0 aliphatic rings. The number of aryl methyl sites for hydroxylation is 3. The molecule has 0 aliphatic carbocycles. The third-order valence-electron chi connectivity index (χ3n) is 6.61. The molecular formula is C30H36N4O2. The van der Waals surface area contributed by atoms with E-state index >= 15 is 0 Å². The Hall–Kier alpha value is -3.64. The van der Waals surface area contributed by atoms with Gasteiger partial charge in [-0.3, -0.25) is 9.59 Å². The first-order valence-electron chi connectivity index (χ1n) is 12.4. The molecule has 0 spiro atoms. The minimum absolute atomic E-state index is 0.119. The molecule has 0 aliphatic heterocycles. The van der Waals surface area contributed by atoms with E-state index < -0.39 is 0 Å². The van der Waals surface area contributed by atoms with Crippen LogP contribution in [0, 0.1) is 20.8 Å². The summed E-state index contributed by atoms with van der Waals surface area (Å²) < 4.78 is 2.21. The second-order valence-electron chi connectivity index (χ2n) is 10.3. The number of H-pyrrole nitrogens is 1. The van der Waals surface area contributed by atoms with Crippen LogP contribution in [0.15, 0.2) is 59.5 Å². The minimum atomic E-state index is -0.157. The maximum atomic E-state index is 14.3. The topological polar surface area (TPSA) is 61.3 Å². The van der Waals surface area contributed by atoms with Crippen molar-refractivity contribution in [2.24, 2.45) is 0 Å². The van der Waals surface area contributed by atoms with E-state index in [0.717, 1.165) is 45.5 Å². The number of hydrogen-bond donors (Lipinski definition) is 1. The van der Waals surface area contributed by atoms with Gasteiger partial charge in [0.25, 0.3) is 11.5 Å². The van der Waals surface area contributed by atoms with Crippen LogP contribution < -0.4 is 10.5 Å². The van der Waals surface area contributed by atoms with Crippen LogP contribution in [0.1, 0.15) is 58.2 Å². The normalized spacial score (nSPS) is 11.6. The molecule has 0 bridgehead atoms. The van der Waals surface area contributed by atoms with Gasteiger partial charge in [-0.05, 0) is 95.7 Å². The first kappa shape index (κ1) is 25.5. The largest absolute Gasteiger partial charge is 0.345 e. The highest BCUT2D eigenvalue weighted by Gasteiger charge is 2.24. The summed E-state index contributed by atoms with van der Waals surface area (Å²) in [7, 11) is 4.04. The summed E-state index contributed by atoms with van der Waals surface area (Å²) in [5.74, 6) is -0.119. The van der Waals surface area contributed by atoms with Crippen molar-refractivity contribution in [3.63, 3.8) is 0 Å². The number of amides is 1. The average molecular weight is 485 g/mol. The molecule has 0 radical (unpaired) electrons. The number of nitrogens with zero attached hydrogens (tertiary/aromatic N) is 3. The molecule has 36 heavy (non-hydrogen) atoms. The molecule has 0 unspecified atom stereocenters. The number of nitrogens with one attached hydrogen (secondary N) is 1. The zero-order valence-electron chi connectivity index (χ0n) is 22.3. The van der Waals surface area contributed by atoms with Crippen molar-refractivity contribution >= 4 is 22.5 Å². The Morgan fingerprint density at radius 2 is 1.69 bits per heavy atom. The van der Waals surface area contributed by atoms with E-state index in [4.69, 9.17) is 0 Å². The van der Waals surface area contributed by atoms with Crippen LogP contribution in [0.2, 0.25) is 0 Å². The Kier molecular flexibility index (Phi) is 7.18. The zero-order chi connectivity index (χ0) is 26.1. The number of rotatable bonds is 7. The maximum Gasteiger partial charge on any atom is 0.259 e. The van der Waals surface area contributed by atoms with Crippen molar-refractivity contribution in [2.45, 2.75) is 53.8 Å². The lowest BCUT2D eigenvalue weighted by molar-refractivity contribution is 0.0986. The Bertz CT molecular complexity index is 1480. The van der Waals surface area contributed by atoms with Gasteiger partial charge in [-0.2, -0.15) is 0 Å². The summed E-state index contributed by atoms with van der Waals surface area (Å²) in [4.78, 5) is 34.0. The van der Waals surface area contributed by atoms with E-state index in [0.29, 0.717) is 11.1 Å². The fourth-order valence-electron chi connectivity index (χ4n) is 4.97. The third-order valence-corrected chi connectivity index (χ3v) is 6.61. The van der Waals surface area contributed by atoms with Gasteiger partial charge < -0.3 is 19.4 Å². The Morgan fingerprint density at radius 3 is 2.36 bits per heavy atom. The van der Waals surface area contributed by atoms with Crippen molar-refractivity contribution < 1.29 is 4.79 Å². The fourth-order valence-corrected chi connectivity index (χ4v) is 4.97. The third kappa shape index (κ3) is 5.00. The van der Waals surface area contributed by atoms with E-state index in [2.05, 4.69) is 53.6 Å². The van der Waals surface area contributed by atoms with Gasteiger partial charge in [-0.15, -0.1) is 0 Å². The zero-order valence-corrected chi connectivity index (χ0v) is 22.3. The van der Waals surface area contributed by atoms with Gasteiger partial charge in [-0.25, -0.2) is 0 Å². The van der Waals surface area contributed by atoms with Crippen LogP contribution in [0.3, 0.4) is 0 Å². The van der Waals surface area contributed by atoms with Gasteiger partial charge in [0.15, 0.2) is 0 Å². The van der Waals surface area contributed by atoms with Crippen molar-refractivity contribution in [1.29, 1.82) is 0 Å². The predicted molar refractivity (Wildman–Crippen MR) is 148 cm³/mol. The van der Waals surface area contributed by atoms with Gasteiger partial charge >= 0.3 is 0 Å². The SMILES string of the molecule is Cc1cc(C)c(CN(C(=O)c2cccc3c2c(C)cn3C(C)C)c2cccc(CN(C)C)c2)c(=O)[nH]1. The lowest BCUT2D eigenvalue weighted by atomic mass is 10.0. The van der Waals surface area contributed by atoms with Crippen LogP contribution in [0.25, 0.3) is 10.9 Å². The van der Waals surface area contributed by atoms with E-state index in [-0.39, 0.29) is 24.1 Å². The molecule has 0 fully saturated rings. The molecule has 4 aromatic rings. The number of carbonyl (C=O) groups excluding carboxylic acids is 1. The lowest BCUT2D eigenvalue weighted by Gasteiger charge is -2.25. The summed E-state index contributed by atoms with van der Waals surface area (Å²) in [5.41, 5.74) is 6.74. The van der Waals surface area contributed by atoms with Gasteiger partial charge in [0.2, 0.25) is 0 Å². The molecule has 188 valence electrons. The standard InChI is InChI=1S/C30H36N4O2/c1-19(2)33-16-21(4)28-25(12-9-13-27(28)33)30(36)34(18-26-20(3)14-22(5)31-29(26)35)24-11-8-10-23(15-24)17-32(6)7/h8-16,19H,17-18H2,1-7H3,(H,31,35). The highest BCUT2D eigenvalue weighted by molar-refractivity contribution is 6.14. The molecule has 0 saturated carbocycles. The molecule has 6 heteroatoms. The van der Waals surface area contributed by atoms with E-state index in [9.17, 15) is 9.59 Å². The van der Waals surface area contributed by atoms with Crippen LogP contribution >= 0.6 is 0 Å². The first-order valence-corrected chi connectivity index (χ1v) is 12.4. The molecule has 1 N–H and O–H groups in total. The Morgan fingerprint density at radius 1 is 0.972 bits per heavy atom. The molecule has 4 rings (SSSR count). The molecule has 2 aromatic carbocycles. The van der Waals surface area contributed by atoms with E-state index in [1.54, 1.807) is 4.90 Å². The average Bonchev–Trinajstić information content (AvgIpc) is 3.15. The fraction of sp³-hybridized carbons (Fsp3) is 0.333. The molecule has 0 atom stereocenters. The van der Waals surface area contributed by atoms with Gasteiger partial charge in [-0.1, -0.05) is 18.2 Å². The highest BCUT2D eigenvalue weighted by atomic mass is 16.2. The number of aromatic amines is 1. The van der Waals surface area contributed by atoms with Gasteiger partial charge in [0, 0.05) is 52.2 Å². The molecule has 2 aromatic heterocycles. The molecule has 0 saturated heterocycles. The number of pyridine rings is 1. The molecular weight excluding hydrogens is 448 g/mol. The summed E-state index contributed by atoms with van der Waals surface area (Å²) in [6.07, 6.45) is 2.11. The van der Waals surface area contributed by atoms with E-state index in [1.165, 1.54) is 0 Å². The Labute approximate surface area is 213 Å². The summed E-state index contributed by atoms with van der Waals surface area (Å²) >= 11 is 0. The van der Waals surface area contributed by atoms with Gasteiger partial charge in [0.05, 0.1) is 6.54 Å². The Balaban J connectivity index is 1.88. The second kappa shape index (κ2) is 10.2. The molecule has 1 amide bonds. The van der Waals surface area contributed by atoms with Crippen molar-refractivity contribution in [1.82, 2.24) is 14.5 Å². The monoisotopic (exact) mass is 484 g/mol. The van der Waals surface area contributed by atoms with Crippen LogP contribution in [0.4, 0.5) is 5.69 Å². The first-order chi connectivity index (χ1) is 17.1. The summed E-state index contributed by atoms with van der Waals surface area (Å²) in [6.45, 7) is 11.1. The smallest absolute Gasteiger partial charge is 0.259 e. The van der Waals surface area contributed by atoms with Crippen LogP contribution in [-0.4, -0.2) is 34.5 Å². The van der Waals surface area contributed by atoms with Crippen molar-refractivity contribution in [3.8, 4) is 0 Å². The van der Waals surface area contributed by atoms with Crippen LogP contribution in [0.5, 0.6) is 0 Å². The number of hydrogen-bond acceptors (Lipinski definition) is 3.